The summed E-state index contributed by atoms with van der Waals surface area (Å²) < 4.78 is 26.9. The van der Waals surface area contributed by atoms with Gasteiger partial charge in [0, 0.05) is 44.5 Å². The molecule has 1 amide bonds. The van der Waals surface area contributed by atoms with Gasteiger partial charge in [-0.25, -0.2) is 8.42 Å². The minimum atomic E-state index is -3.54. The minimum Gasteiger partial charge on any atom is -0.338 e. The highest BCUT2D eigenvalue weighted by Gasteiger charge is 2.33. The molecule has 1 aromatic heterocycles. The molecule has 0 atom stereocenters. The zero-order chi connectivity index (χ0) is 20.0. The molecular formula is C21H27N3O3S. The van der Waals surface area contributed by atoms with E-state index in [0.717, 1.165) is 12.0 Å². The van der Waals surface area contributed by atoms with Crippen LogP contribution >= 0.6 is 0 Å². The van der Waals surface area contributed by atoms with Crippen LogP contribution in [0.25, 0.3) is 0 Å². The van der Waals surface area contributed by atoms with E-state index in [1.54, 1.807) is 18.3 Å². The molecule has 28 heavy (non-hydrogen) atoms. The molecule has 0 spiro atoms. The van der Waals surface area contributed by atoms with Crippen LogP contribution in [-0.2, 0) is 21.4 Å². The number of sulfonamides is 1. The van der Waals surface area contributed by atoms with E-state index in [9.17, 15) is 13.2 Å². The van der Waals surface area contributed by atoms with Crippen molar-refractivity contribution in [1.82, 2.24) is 14.2 Å². The Bertz CT molecular complexity index is 864. The summed E-state index contributed by atoms with van der Waals surface area (Å²) in [5, 5.41) is 0. The smallest absolute Gasteiger partial charge is 0.244 e. The number of carbonyl (C=O) groups excluding carboxylic acids is 1. The first-order valence-corrected chi connectivity index (χ1v) is 11.2. The fourth-order valence-corrected chi connectivity index (χ4v) is 5.03. The maximum Gasteiger partial charge on any atom is 0.244 e. The molecule has 0 N–H and O–H groups in total. The van der Waals surface area contributed by atoms with E-state index in [1.807, 2.05) is 35.2 Å². The van der Waals surface area contributed by atoms with Gasteiger partial charge in [0.2, 0.25) is 15.9 Å². The van der Waals surface area contributed by atoms with Gasteiger partial charge in [0.15, 0.2) is 0 Å². The third-order valence-electron chi connectivity index (χ3n) is 5.10. The largest absolute Gasteiger partial charge is 0.338 e. The Morgan fingerprint density at radius 2 is 1.86 bits per heavy atom. The summed E-state index contributed by atoms with van der Waals surface area (Å²) in [4.78, 5) is 19.1. The van der Waals surface area contributed by atoms with E-state index >= 15 is 0 Å². The second-order valence-corrected chi connectivity index (χ2v) is 9.05. The maximum atomic E-state index is 13.1. The lowest BCUT2D eigenvalue weighted by Gasteiger charge is -2.33. The van der Waals surface area contributed by atoms with Gasteiger partial charge in [0.05, 0.1) is 0 Å². The van der Waals surface area contributed by atoms with Crippen molar-refractivity contribution in [3.63, 3.8) is 0 Å². The minimum absolute atomic E-state index is 0.129. The molecule has 3 rings (SSSR count). The lowest BCUT2D eigenvalue weighted by molar-refractivity contribution is -0.137. The molecule has 1 aliphatic rings. The Kier molecular flexibility index (Phi) is 6.80. The Hall–Kier alpha value is -2.25. The normalized spacial score (nSPS) is 16.0. The second kappa shape index (κ2) is 9.30. The summed E-state index contributed by atoms with van der Waals surface area (Å²) in [6.45, 7) is 4.09. The van der Waals surface area contributed by atoms with Crippen molar-refractivity contribution in [1.29, 1.82) is 0 Å². The summed E-state index contributed by atoms with van der Waals surface area (Å²) in [6.07, 6.45) is 4.92. The number of benzene rings is 1. The van der Waals surface area contributed by atoms with Crippen LogP contribution in [0.15, 0.2) is 59.8 Å². The third kappa shape index (κ3) is 4.77. The van der Waals surface area contributed by atoms with E-state index in [1.165, 1.54) is 10.5 Å². The number of nitrogens with zero attached hydrogens (tertiary/aromatic N) is 3. The van der Waals surface area contributed by atoms with E-state index in [4.69, 9.17) is 0 Å². The van der Waals surface area contributed by atoms with Crippen molar-refractivity contribution in [3.05, 3.63) is 60.4 Å². The third-order valence-corrected chi connectivity index (χ3v) is 6.98. The van der Waals surface area contributed by atoms with Gasteiger partial charge in [0.25, 0.3) is 0 Å². The summed E-state index contributed by atoms with van der Waals surface area (Å²) >= 11 is 0. The summed E-state index contributed by atoms with van der Waals surface area (Å²) in [6, 6.07) is 13.2. The van der Waals surface area contributed by atoms with Gasteiger partial charge in [-0.1, -0.05) is 37.3 Å². The molecule has 0 saturated carbocycles. The number of piperidine rings is 1. The van der Waals surface area contributed by atoms with Gasteiger partial charge in [-0.05, 0) is 37.0 Å². The average Bonchev–Trinajstić information content (AvgIpc) is 2.74. The number of hydrogen-bond acceptors (Lipinski definition) is 4. The highest BCUT2D eigenvalue weighted by atomic mass is 32.2. The molecule has 2 aromatic rings. The monoisotopic (exact) mass is 401 g/mol. The Morgan fingerprint density at radius 1 is 1.14 bits per heavy atom. The molecule has 0 unspecified atom stereocenters. The predicted octanol–water partition coefficient (Wildman–Crippen LogP) is 2.92. The number of carbonyl (C=O) groups is 1. The van der Waals surface area contributed by atoms with Crippen LogP contribution in [0.1, 0.15) is 31.7 Å². The SMILES string of the molecule is CCCN(Cc1ccccc1)C(=O)C1CCN(S(=O)(=O)c2cccnc2)CC1. The van der Waals surface area contributed by atoms with Crippen molar-refractivity contribution in [3.8, 4) is 0 Å². The van der Waals surface area contributed by atoms with Crippen molar-refractivity contribution >= 4 is 15.9 Å². The van der Waals surface area contributed by atoms with Crippen molar-refractivity contribution in [2.24, 2.45) is 5.92 Å². The quantitative estimate of drug-likeness (QED) is 0.715. The van der Waals surface area contributed by atoms with Crippen molar-refractivity contribution in [2.45, 2.75) is 37.6 Å². The van der Waals surface area contributed by atoms with E-state index in [2.05, 4.69) is 11.9 Å². The highest BCUT2D eigenvalue weighted by molar-refractivity contribution is 7.89. The van der Waals surface area contributed by atoms with E-state index in [0.29, 0.717) is 39.0 Å². The molecule has 1 aliphatic heterocycles. The first-order chi connectivity index (χ1) is 13.5. The lowest BCUT2D eigenvalue weighted by atomic mass is 9.96. The fourth-order valence-electron chi connectivity index (χ4n) is 3.59. The van der Waals surface area contributed by atoms with Crippen LogP contribution in [0.2, 0.25) is 0 Å². The molecule has 1 saturated heterocycles. The van der Waals surface area contributed by atoms with Crippen molar-refractivity contribution < 1.29 is 13.2 Å². The first-order valence-electron chi connectivity index (χ1n) is 9.75. The van der Waals surface area contributed by atoms with Crippen LogP contribution in [0.4, 0.5) is 0 Å². The fraction of sp³-hybridized carbons (Fsp3) is 0.429. The molecule has 0 radical (unpaired) electrons. The number of aromatic nitrogens is 1. The van der Waals surface area contributed by atoms with Gasteiger partial charge in [0.1, 0.15) is 4.90 Å². The highest BCUT2D eigenvalue weighted by Crippen LogP contribution is 2.25. The summed E-state index contributed by atoms with van der Waals surface area (Å²) in [5.41, 5.74) is 1.11. The molecule has 0 aliphatic carbocycles. The van der Waals surface area contributed by atoms with Crippen LogP contribution in [0, 0.1) is 5.92 Å². The van der Waals surface area contributed by atoms with Gasteiger partial charge in [-0.15, -0.1) is 0 Å². The van der Waals surface area contributed by atoms with Crippen molar-refractivity contribution in [2.75, 3.05) is 19.6 Å². The van der Waals surface area contributed by atoms with Gasteiger partial charge in [-0.2, -0.15) is 4.31 Å². The van der Waals surface area contributed by atoms with Crippen LogP contribution in [0.5, 0.6) is 0 Å². The number of pyridine rings is 1. The topological polar surface area (TPSA) is 70.6 Å². The second-order valence-electron chi connectivity index (χ2n) is 7.11. The first kappa shape index (κ1) is 20.5. The number of rotatable bonds is 7. The summed E-state index contributed by atoms with van der Waals surface area (Å²) in [7, 11) is -3.54. The van der Waals surface area contributed by atoms with Gasteiger partial charge in [-0.3, -0.25) is 9.78 Å². The standard InChI is InChI=1S/C21H27N3O3S/c1-2-13-23(17-18-7-4-3-5-8-18)21(25)19-10-14-24(15-11-19)28(26,27)20-9-6-12-22-16-20/h3-9,12,16,19H,2,10-11,13-15,17H2,1H3. The zero-order valence-electron chi connectivity index (χ0n) is 16.2. The Labute approximate surface area is 167 Å². The Morgan fingerprint density at radius 3 is 2.46 bits per heavy atom. The van der Waals surface area contributed by atoms with E-state index in [-0.39, 0.29) is 16.7 Å². The molecule has 6 nitrogen and oxygen atoms in total. The molecule has 7 heteroatoms. The number of amides is 1. The van der Waals surface area contributed by atoms with Gasteiger partial charge >= 0.3 is 0 Å². The molecule has 0 bridgehead atoms. The Balaban J connectivity index is 1.63. The summed E-state index contributed by atoms with van der Waals surface area (Å²) in [5.74, 6) is -0.000241. The van der Waals surface area contributed by atoms with Crippen LogP contribution in [-0.4, -0.2) is 48.1 Å². The predicted molar refractivity (Wildman–Crippen MR) is 108 cm³/mol. The maximum absolute atomic E-state index is 13.1. The van der Waals surface area contributed by atoms with Gasteiger partial charge < -0.3 is 4.90 Å². The molecule has 1 aromatic carbocycles. The molecular weight excluding hydrogens is 374 g/mol. The molecule has 150 valence electrons. The number of hydrogen-bond donors (Lipinski definition) is 0. The zero-order valence-corrected chi connectivity index (χ0v) is 17.0. The van der Waals surface area contributed by atoms with Crippen LogP contribution < -0.4 is 0 Å². The van der Waals surface area contributed by atoms with E-state index < -0.39 is 10.0 Å². The lowest BCUT2D eigenvalue weighted by Crippen LogP contribution is -2.44. The molecule has 1 fully saturated rings. The van der Waals surface area contributed by atoms with Crippen LogP contribution in [0.3, 0.4) is 0 Å². The molecule has 2 heterocycles. The average molecular weight is 402 g/mol.